The Morgan fingerprint density at radius 3 is 2.71 bits per heavy atom. The minimum Gasteiger partial charge on any atom is -0.381 e. The average molecular weight is 313 g/mol. The fraction of sp³-hybridized carbons (Fsp3) is 0.562. The summed E-state index contributed by atoms with van der Waals surface area (Å²) in [5, 5.41) is 0. The van der Waals surface area contributed by atoms with Gasteiger partial charge in [-0.15, -0.1) is 12.4 Å². The standard InChI is InChI=1S/C16H24N2O2.ClH/c1-3-20-11-13-8-9-18(10-13)16(19)15(17)14-6-4-12(2)5-7-14;/h4-7,13,15H,3,8-11,17H2,1-2H3;1H. The molecule has 2 atom stereocenters. The van der Waals surface area contributed by atoms with Crippen LogP contribution in [0.15, 0.2) is 24.3 Å². The number of ether oxygens (including phenoxy) is 1. The summed E-state index contributed by atoms with van der Waals surface area (Å²) in [5.74, 6) is 0.469. The summed E-state index contributed by atoms with van der Waals surface area (Å²) in [4.78, 5) is 14.3. The molecule has 0 radical (unpaired) electrons. The third kappa shape index (κ3) is 4.70. The summed E-state index contributed by atoms with van der Waals surface area (Å²) >= 11 is 0. The van der Waals surface area contributed by atoms with E-state index in [1.807, 2.05) is 43.0 Å². The van der Waals surface area contributed by atoms with Crippen LogP contribution in [0.1, 0.15) is 30.5 Å². The highest BCUT2D eigenvalue weighted by molar-refractivity contribution is 5.85. The van der Waals surface area contributed by atoms with Crippen LogP contribution >= 0.6 is 12.4 Å². The second-order valence-electron chi connectivity index (χ2n) is 5.49. The number of likely N-dealkylation sites (tertiary alicyclic amines) is 1. The number of carbonyl (C=O) groups is 1. The molecule has 4 nitrogen and oxygen atoms in total. The van der Waals surface area contributed by atoms with E-state index in [2.05, 4.69) is 0 Å². The zero-order valence-electron chi connectivity index (χ0n) is 12.7. The molecule has 21 heavy (non-hydrogen) atoms. The third-order valence-corrected chi connectivity index (χ3v) is 3.86. The maximum atomic E-state index is 12.4. The van der Waals surface area contributed by atoms with Gasteiger partial charge in [-0.2, -0.15) is 0 Å². The highest BCUT2D eigenvalue weighted by Crippen LogP contribution is 2.21. The fourth-order valence-corrected chi connectivity index (χ4v) is 2.57. The first kappa shape index (κ1) is 18.0. The first-order chi connectivity index (χ1) is 9.61. The molecule has 0 aliphatic carbocycles. The monoisotopic (exact) mass is 312 g/mol. The minimum atomic E-state index is -0.554. The molecule has 2 N–H and O–H groups in total. The zero-order valence-corrected chi connectivity index (χ0v) is 13.6. The van der Waals surface area contributed by atoms with Crippen molar-refractivity contribution >= 4 is 18.3 Å². The molecule has 2 rings (SSSR count). The minimum absolute atomic E-state index is 0. The van der Waals surface area contributed by atoms with Gasteiger partial charge in [0.25, 0.3) is 0 Å². The second-order valence-corrected chi connectivity index (χ2v) is 5.49. The molecule has 1 aromatic rings. The topological polar surface area (TPSA) is 55.6 Å². The number of nitrogens with two attached hydrogens (primary N) is 1. The Labute approximate surface area is 133 Å². The van der Waals surface area contributed by atoms with Gasteiger partial charge in [-0.1, -0.05) is 29.8 Å². The summed E-state index contributed by atoms with van der Waals surface area (Å²) in [5.41, 5.74) is 8.15. The van der Waals surface area contributed by atoms with Crippen molar-refractivity contribution in [1.82, 2.24) is 4.90 Å². The normalized spacial score (nSPS) is 19.2. The Bertz CT molecular complexity index is 450. The lowest BCUT2D eigenvalue weighted by molar-refractivity contribution is -0.131. The molecule has 0 aromatic heterocycles. The van der Waals surface area contributed by atoms with Crippen molar-refractivity contribution in [3.8, 4) is 0 Å². The summed E-state index contributed by atoms with van der Waals surface area (Å²) in [6.07, 6.45) is 1.01. The van der Waals surface area contributed by atoms with Crippen LogP contribution in [0.2, 0.25) is 0 Å². The molecule has 0 bridgehead atoms. The number of nitrogens with zero attached hydrogens (tertiary/aromatic N) is 1. The lowest BCUT2D eigenvalue weighted by Gasteiger charge is -2.21. The highest BCUT2D eigenvalue weighted by Gasteiger charge is 2.29. The van der Waals surface area contributed by atoms with Gasteiger partial charge in [-0.25, -0.2) is 0 Å². The Balaban J connectivity index is 0.00000220. The van der Waals surface area contributed by atoms with Gasteiger partial charge >= 0.3 is 0 Å². The molecular formula is C16H25ClN2O2. The smallest absolute Gasteiger partial charge is 0.244 e. The van der Waals surface area contributed by atoms with E-state index < -0.39 is 6.04 Å². The van der Waals surface area contributed by atoms with E-state index in [0.29, 0.717) is 5.92 Å². The van der Waals surface area contributed by atoms with Crippen LogP contribution in [0, 0.1) is 12.8 Å². The zero-order chi connectivity index (χ0) is 14.5. The number of aryl methyl sites for hydroxylation is 1. The van der Waals surface area contributed by atoms with Crippen molar-refractivity contribution in [3.63, 3.8) is 0 Å². The van der Waals surface area contributed by atoms with Crippen LogP contribution in [-0.4, -0.2) is 37.1 Å². The summed E-state index contributed by atoms with van der Waals surface area (Å²) in [6, 6.07) is 7.30. The SMILES string of the molecule is CCOCC1CCN(C(=O)C(N)c2ccc(C)cc2)C1.Cl. The van der Waals surface area contributed by atoms with Gasteiger partial charge in [0.1, 0.15) is 6.04 Å². The molecule has 5 heteroatoms. The Morgan fingerprint density at radius 2 is 2.10 bits per heavy atom. The number of rotatable bonds is 5. The fourth-order valence-electron chi connectivity index (χ4n) is 2.57. The molecule has 2 unspecified atom stereocenters. The van der Waals surface area contributed by atoms with Crippen molar-refractivity contribution in [3.05, 3.63) is 35.4 Å². The largest absolute Gasteiger partial charge is 0.381 e. The number of hydrogen-bond donors (Lipinski definition) is 1. The van der Waals surface area contributed by atoms with E-state index in [0.717, 1.165) is 38.3 Å². The number of carbonyl (C=O) groups excluding carboxylic acids is 1. The Hall–Kier alpha value is -1.10. The molecule has 118 valence electrons. The number of halogens is 1. The van der Waals surface area contributed by atoms with Crippen molar-refractivity contribution in [2.45, 2.75) is 26.3 Å². The predicted octanol–water partition coefficient (Wildman–Crippen LogP) is 2.30. The van der Waals surface area contributed by atoms with E-state index in [1.54, 1.807) is 0 Å². The lowest BCUT2D eigenvalue weighted by Crippen LogP contribution is -2.37. The van der Waals surface area contributed by atoms with E-state index in [-0.39, 0.29) is 18.3 Å². The summed E-state index contributed by atoms with van der Waals surface area (Å²) < 4.78 is 5.43. The van der Waals surface area contributed by atoms with Gasteiger partial charge < -0.3 is 15.4 Å². The molecule has 1 fully saturated rings. The van der Waals surface area contributed by atoms with Gasteiger partial charge in [0.15, 0.2) is 0 Å². The molecule has 0 spiro atoms. The quantitative estimate of drug-likeness (QED) is 0.907. The molecule has 1 aliphatic rings. The summed E-state index contributed by atoms with van der Waals surface area (Å²) in [6.45, 7) is 7.03. The Kier molecular flexibility index (Phi) is 7.15. The number of benzene rings is 1. The molecular weight excluding hydrogens is 288 g/mol. The van der Waals surface area contributed by atoms with Crippen molar-refractivity contribution < 1.29 is 9.53 Å². The van der Waals surface area contributed by atoms with E-state index in [1.165, 1.54) is 5.56 Å². The van der Waals surface area contributed by atoms with Crippen LogP contribution in [0.25, 0.3) is 0 Å². The van der Waals surface area contributed by atoms with Gasteiger partial charge in [0, 0.05) is 25.6 Å². The van der Waals surface area contributed by atoms with Crippen LogP contribution in [0.3, 0.4) is 0 Å². The summed E-state index contributed by atoms with van der Waals surface area (Å²) in [7, 11) is 0. The second kappa shape index (κ2) is 8.37. The van der Waals surface area contributed by atoms with Crippen LogP contribution in [0.5, 0.6) is 0 Å². The first-order valence-electron chi connectivity index (χ1n) is 7.30. The van der Waals surface area contributed by atoms with Crippen LogP contribution < -0.4 is 5.73 Å². The van der Waals surface area contributed by atoms with E-state index >= 15 is 0 Å². The predicted molar refractivity (Wildman–Crippen MR) is 86.5 cm³/mol. The van der Waals surface area contributed by atoms with Gasteiger partial charge in [0.05, 0.1) is 6.61 Å². The average Bonchev–Trinajstić information content (AvgIpc) is 2.93. The van der Waals surface area contributed by atoms with Crippen LogP contribution in [0.4, 0.5) is 0 Å². The molecule has 0 saturated carbocycles. The molecule has 1 saturated heterocycles. The molecule has 1 aliphatic heterocycles. The maximum Gasteiger partial charge on any atom is 0.244 e. The lowest BCUT2D eigenvalue weighted by atomic mass is 10.0. The van der Waals surface area contributed by atoms with Gasteiger partial charge in [0.2, 0.25) is 5.91 Å². The van der Waals surface area contributed by atoms with Crippen molar-refractivity contribution in [2.24, 2.45) is 11.7 Å². The highest BCUT2D eigenvalue weighted by atomic mass is 35.5. The first-order valence-corrected chi connectivity index (χ1v) is 7.30. The number of hydrogen-bond acceptors (Lipinski definition) is 3. The third-order valence-electron chi connectivity index (χ3n) is 3.86. The van der Waals surface area contributed by atoms with Crippen molar-refractivity contribution in [1.29, 1.82) is 0 Å². The van der Waals surface area contributed by atoms with Crippen LogP contribution in [-0.2, 0) is 9.53 Å². The van der Waals surface area contributed by atoms with Gasteiger partial charge in [-0.3, -0.25) is 4.79 Å². The molecule has 1 amide bonds. The molecule has 1 aromatic carbocycles. The van der Waals surface area contributed by atoms with E-state index in [9.17, 15) is 4.79 Å². The maximum absolute atomic E-state index is 12.4. The molecule has 1 heterocycles. The van der Waals surface area contributed by atoms with E-state index in [4.69, 9.17) is 10.5 Å². The number of amides is 1. The Morgan fingerprint density at radius 1 is 1.43 bits per heavy atom. The van der Waals surface area contributed by atoms with Gasteiger partial charge in [-0.05, 0) is 25.8 Å². The van der Waals surface area contributed by atoms with Crippen molar-refractivity contribution in [2.75, 3.05) is 26.3 Å².